The Labute approximate surface area is 163 Å². The lowest BCUT2D eigenvalue weighted by molar-refractivity contribution is 0.256. The Kier molecular flexibility index (Phi) is 4.65. The fraction of sp³-hybridized carbons (Fsp3) is 0.474. The van der Waals surface area contributed by atoms with Crippen molar-refractivity contribution in [1.29, 1.82) is 0 Å². The summed E-state index contributed by atoms with van der Waals surface area (Å²) in [6.45, 7) is 3.37. The van der Waals surface area contributed by atoms with Gasteiger partial charge >= 0.3 is 6.03 Å². The van der Waals surface area contributed by atoms with Crippen LogP contribution in [0, 0.1) is 5.95 Å². The van der Waals surface area contributed by atoms with Crippen molar-refractivity contribution in [1.82, 2.24) is 14.5 Å². The first-order valence-corrected chi connectivity index (χ1v) is 11.0. The molecule has 1 aromatic carbocycles. The molecular weight excluding hydrogens is 383 g/mol. The van der Waals surface area contributed by atoms with E-state index in [1.165, 1.54) is 11.1 Å². The number of hydrogen-bond acceptors (Lipinski definition) is 4. The predicted molar refractivity (Wildman–Crippen MR) is 102 cm³/mol. The van der Waals surface area contributed by atoms with Crippen LogP contribution in [0.1, 0.15) is 55.0 Å². The van der Waals surface area contributed by atoms with Gasteiger partial charge in [-0.25, -0.2) is 14.2 Å². The summed E-state index contributed by atoms with van der Waals surface area (Å²) in [5.74, 6) is -0.769. The zero-order valence-corrected chi connectivity index (χ0v) is 16.7. The first-order chi connectivity index (χ1) is 13.3. The number of urea groups is 1. The van der Waals surface area contributed by atoms with Crippen LogP contribution >= 0.6 is 0 Å². The van der Waals surface area contributed by atoms with Crippen LogP contribution in [-0.4, -0.2) is 24.2 Å². The SMILES string of the molecule is CC(C)n1nc(S(=O)(=O)NC(=O)Nc2c3c(cc4c2CCC4)CCC3)cc1F. The van der Waals surface area contributed by atoms with E-state index in [-0.39, 0.29) is 6.04 Å². The lowest BCUT2D eigenvalue weighted by atomic mass is 9.99. The highest BCUT2D eigenvalue weighted by Crippen LogP contribution is 2.38. The first-order valence-electron chi connectivity index (χ1n) is 9.51. The number of anilines is 1. The number of amides is 2. The number of halogens is 1. The molecule has 2 aliphatic carbocycles. The largest absolute Gasteiger partial charge is 0.333 e. The standard InChI is InChI=1S/C19H23FN4O3S/c1-11(2)24-16(20)10-17(22-24)28(26,27)23-19(25)21-18-14-7-3-5-12(14)9-13-6-4-8-15(13)18/h9-11H,3-8H2,1-2H3,(H2,21,23,25). The molecule has 2 aliphatic rings. The van der Waals surface area contributed by atoms with Gasteiger partial charge < -0.3 is 5.32 Å². The number of aryl methyl sites for hydroxylation is 2. The van der Waals surface area contributed by atoms with Crippen LogP contribution in [0.5, 0.6) is 0 Å². The molecule has 2 amide bonds. The molecule has 28 heavy (non-hydrogen) atoms. The average molecular weight is 406 g/mol. The number of nitrogens with zero attached hydrogens (tertiary/aromatic N) is 2. The highest BCUT2D eigenvalue weighted by molar-refractivity contribution is 7.90. The third-order valence-corrected chi connectivity index (χ3v) is 6.58. The summed E-state index contributed by atoms with van der Waals surface area (Å²) in [6.07, 6.45) is 5.74. The number of sulfonamides is 1. The Morgan fingerprint density at radius 3 is 2.25 bits per heavy atom. The monoisotopic (exact) mass is 406 g/mol. The molecule has 0 radical (unpaired) electrons. The molecule has 2 aromatic rings. The van der Waals surface area contributed by atoms with Crippen LogP contribution in [0.15, 0.2) is 17.2 Å². The van der Waals surface area contributed by atoms with Crippen LogP contribution in [0.2, 0.25) is 0 Å². The van der Waals surface area contributed by atoms with Gasteiger partial charge in [0.05, 0.1) is 0 Å². The number of aromatic nitrogens is 2. The van der Waals surface area contributed by atoms with Crippen LogP contribution in [0.25, 0.3) is 0 Å². The summed E-state index contributed by atoms with van der Waals surface area (Å²) in [5, 5.41) is 6.01. The van der Waals surface area contributed by atoms with Crippen molar-refractivity contribution in [2.24, 2.45) is 0 Å². The molecule has 150 valence electrons. The number of rotatable bonds is 4. The summed E-state index contributed by atoms with van der Waals surface area (Å²) < 4.78 is 41.8. The topological polar surface area (TPSA) is 93.1 Å². The summed E-state index contributed by atoms with van der Waals surface area (Å²) in [4.78, 5) is 12.5. The van der Waals surface area contributed by atoms with E-state index in [0.717, 1.165) is 66.1 Å². The van der Waals surface area contributed by atoms with Gasteiger partial charge in [-0.3, -0.25) is 0 Å². The van der Waals surface area contributed by atoms with Gasteiger partial charge in [0.2, 0.25) is 11.0 Å². The molecule has 7 nitrogen and oxygen atoms in total. The lowest BCUT2D eigenvalue weighted by Gasteiger charge is -2.16. The second-order valence-corrected chi connectivity index (χ2v) is 9.27. The second kappa shape index (κ2) is 6.88. The lowest BCUT2D eigenvalue weighted by Crippen LogP contribution is -2.35. The Hall–Kier alpha value is -2.42. The normalized spacial score (nSPS) is 15.6. The number of nitrogens with one attached hydrogen (secondary N) is 2. The molecule has 1 heterocycles. The molecule has 0 bridgehead atoms. The number of carbonyl (C=O) groups is 1. The molecule has 0 unspecified atom stereocenters. The molecule has 0 saturated carbocycles. The van der Waals surface area contributed by atoms with Crippen molar-refractivity contribution in [3.05, 3.63) is 40.3 Å². The first kappa shape index (κ1) is 18.9. The van der Waals surface area contributed by atoms with Gasteiger partial charge in [-0.05, 0) is 74.6 Å². The third kappa shape index (κ3) is 3.28. The van der Waals surface area contributed by atoms with E-state index in [9.17, 15) is 17.6 Å². The average Bonchev–Trinajstić information content (AvgIpc) is 3.32. The Bertz CT molecular complexity index is 1030. The molecule has 9 heteroatoms. The van der Waals surface area contributed by atoms with Gasteiger partial charge in [0.15, 0.2) is 0 Å². The van der Waals surface area contributed by atoms with E-state index in [4.69, 9.17) is 0 Å². The van der Waals surface area contributed by atoms with E-state index < -0.39 is 27.0 Å². The maximum atomic E-state index is 13.9. The fourth-order valence-corrected chi connectivity index (χ4v) is 4.97. The van der Waals surface area contributed by atoms with Gasteiger partial charge in [-0.2, -0.15) is 17.9 Å². The Morgan fingerprint density at radius 1 is 1.11 bits per heavy atom. The van der Waals surface area contributed by atoms with Gasteiger partial charge in [0.1, 0.15) is 0 Å². The molecule has 0 aliphatic heterocycles. The zero-order valence-electron chi connectivity index (χ0n) is 15.9. The van der Waals surface area contributed by atoms with Crippen molar-refractivity contribution >= 4 is 21.7 Å². The van der Waals surface area contributed by atoms with Gasteiger partial charge in [0, 0.05) is 17.8 Å². The fourth-order valence-electron chi connectivity index (χ4n) is 4.12. The van der Waals surface area contributed by atoms with Crippen molar-refractivity contribution in [3.63, 3.8) is 0 Å². The second-order valence-electron chi connectivity index (χ2n) is 7.64. The maximum absolute atomic E-state index is 13.9. The smallest absolute Gasteiger partial charge is 0.307 e. The van der Waals surface area contributed by atoms with Crippen LogP contribution < -0.4 is 10.0 Å². The van der Waals surface area contributed by atoms with E-state index in [2.05, 4.69) is 16.5 Å². The van der Waals surface area contributed by atoms with Gasteiger partial charge in [-0.1, -0.05) is 6.07 Å². The molecule has 4 rings (SSSR count). The Morgan fingerprint density at radius 2 is 1.71 bits per heavy atom. The highest BCUT2D eigenvalue weighted by Gasteiger charge is 2.28. The predicted octanol–water partition coefficient (Wildman–Crippen LogP) is 3.09. The van der Waals surface area contributed by atoms with Crippen molar-refractivity contribution < 1.29 is 17.6 Å². The van der Waals surface area contributed by atoms with Crippen LogP contribution in [-0.2, 0) is 35.7 Å². The highest BCUT2D eigenvalue weighted by atomic mass is 32.2. The summed E-state index contributed by atoms with van der Waals surface area (Å²) in [7, 11) is -4.28. The molecule has 0 fully saturated rings. The van der Waals surface area contributed by atoms with E-state index in [1.807, 2.05) is 4.72 Å². The van der Waals surface area contributed by atoms with Gasteiger partial charge in [-0.15, -0.1) is 0 Å². The van der Waals surface area contributed by atoms with Crippen molar-refractivity contribution in [3.8, 4) is 0 Å². The molecule has 0 atom stereocenters. The number of hydrogen-bond donors (Lipinski definition) is 2. The summed E-state index contributed by atoms with van der Waals surface area (Å²) in [5.41, 5.74) is 5.41. The minimum absolute atomic E-state index is 0.340. The van der Waals surface area contributed by atoms with Crippen LogP contribution in [0.4, 0.5) is 14.9 Å². The molecule has 0 saturated heterocycles. The third-order valence-electron chi connectivity index (χ3n) is 5.37. The number of carbonyl (C=O) groups excluding carboxylic acids is 1. The number of benzene rings is 1. The number of fused-ring (bicyclic) bond motifs is 2. The molecule has 2 N–H and O–H groups in total. The van der Waals surface area contributed by atoms with Crippen molar-refractivity contribution in [2.75, 3.05) is 5.32 Å². The van der Waals surface area contributed by atoms with Gasteiger partial charge in [0.25, 0.3) is 10.0 Å². The van der Waals surface area contributed by atoms with E-state index in [1.54, 1.807) is 13.8 Å². The zero-order chi connectivity index (χ0) is 20.1. The summed E-state index contributed by atoms with van der Waals surface area (Å²) in [6, 6.07) is 1.85. The van der Waals surface area contributed by atoms with E-state index in [0.29, 0.717) is 0 Å². The minimum atomic E-state index is -4.28. The molecule has 0 spiro atoms. The summed E-state index contributed by atoms with van der Waals surface area (Å²) >= 11 is 0. The van der Waals surface area contributed by atoms with Crippen LogP contribution in [0.3, 0.4) is 0 Å². The van der Waals surface area contributed by atoms with E-state index >= 15 is 0 Å². The minimum Gasteiger partial charge on any atom is -0.307 e. The Balaban J connectivity index is 1.58. The quantitative estimate of drug-likeness (QED) is 0.816. The van der Waals surface area contributed by atoms with Crippen molar-refractivity contribution in [2.45, 2.75) is 63.4 Å². The molecule has 1 aromatic heterocycles. The maximum Gasteiger partial charge on any atom is 0.333 e. The molecular formula is C19H23FN4O3S.